The van der Waals surface area contributed by atoms with Gasteiger partial charge < -0.3 is 9.80 Å². The summed E-state index contributed by atoms with van der Waals surface area (Å²) in [4.78, 5) is 30.4. The molecule has 3 aliphatic rings. The summed E-state index contributed by atoms with van der Waals surface area (Å²) in [6, 6.07) is 16.3. The summed E-state index contributed by atoms with van der Waals surface area (Å²) in [5, 5.41) is 0. The van der Waals surface area contributed by atoms with Gasteiger partial charge in [0.15, 0.2) is 0 Å². The van der Waals surface area contributed by atoms with Crippen LogP contribution in [-0.4, -0.2) is 23.9 Å². The molecule has 1 aliphatic carbocycles. The highest BCUT2D eigenvalue weighted by Crippen LogP contribution is 2.50. The molecule has 2 heterocycles. The lowest BCUT2D eigenvalue weighted by Crippen LogP contribution is -2.40. The Morgan fingerprint density at radius 3 is 1.61 bits per heavy atom. The van der Waals surface area contributed by atoms with Gasteiger partial charge >= 0.3 is 0 Å². The first-order valence-electron chi connectivity index (χ1n) is 9.99. The molecule has 0 bridgehead atoms. The van der Waals surface area contributed by atoms with E-state index in [1.54, 1.807) is 0 Å². The minimum atomic E-state index is -0.402. The molecule has 1 fully saturated rings. The Bertz CT molecular complexity index is 932. The molecule has 4 atom stereocenters. The molecule has 5 rings (SSSR count). The van der Waals surface area contributed by atoms with Crippen molar-refractivity contribution in [3.05, 3.63) is 71.8 Å². The van der Waals surface area contributed by atoms with Crippen LogP contribution in [0.25, 0.3) is 0 Å². The van der Waals surface area contributed by atoms with Crippen LogP contribution >= 0.6 is 0 Å². The summed E-state index contributed by atoms with van der Waals surface area (Å²) in [6.07, 6.45) is 1.71. The molecule has 1 saturated carbocycles. The molecule has 0 aromatic heterocycles. The van der Waals surface area contributed by atoms with Gasteiger partial charge in [-0.15, -0.1) is 0 Å². The highest BCUT2D eigenvalue weighted by Gasteiger charge is 2.57. The number of rotatable bonds is 2. The van der Waals surface area contributed by atoms with E-state index < -0.39 is 11.8 Å². The minimum absolute atomic E-state index is 0.0148. The number of carbonyl (C=O) groups excluding carboxylic acids is 2. The van der Waals surface area contributed by atoms with Crippen molar-refractivity contribution in [1.29, 1.82) is 0 Å². The first-order chi connectivity index (χ1) is 13.5. The molecule has 2 aromatic rings. The number of anilines is 2. The fourth-order valence-corrected chi connectivity index (χ4v) is 5.02. The zero-order valence-electron chi connectivity index (χ0n) is 16.3. The minimum Gasteiger partial charge on any atom is -0.308 e. The van der Waals surface area contributed by atoms with E-state index in [9.17, 15) is 9.59 Å². The van der Waals surface area contributed by atoms with Crippen LogP contribution in [0.1, 0.15) is 25.0 Å². The van der Waals surface area contributed by atoms with E-state index in [2.05, 4.69) is 32.6 Å². The summed E-state index contributed by atoms with van der Waals surface area (Å²) in [5.41, 5.74) is 5.10. The molecule has 0 radical (unpaired) electrons. The standard InChI is InChI=1S/C24H24N2O2/c1-14-12-17-8-4-6-10-19(17)25(14)23(27)21-16(3)22(21)24(28)26-15(2)13-18-9-5-7-11-20(18)26/h4-11,14-15,21-22H,3,12-13H2,1-2H3/t14-,15-,21-,22-/m0/s1. The number of nitrogens with zero attached hydrogens (tertiary/aromatic N) is 2. The lowest BCUT2D eigenvalue weighted by atomic mass is 10.1. The second-order valence-electron chi connectivity index (χ2n) is 8.31. The van der Waals surface area contributed by atoms with Gasteiger partial charge in [0, 0.05) is 23.5 Å². The van der Waals surface area contributed by atoms with Gasteiger partial charge in [-0.2, -0.15) is 0 Å². The molecule has 0 saturated heterocycles. The average Bonchev–Trinajstić information content (AvgIpc) is 3.05. The highest BCUT2D eigenvalue weighted by molar-refractivity contribution is 6.11. The van der Waals surface area contributed by atoms with Crippen LogP contribution in [0.15, 0.2) is 60.7 Å². The maximum atomic E-state index is 13.3. The van der Waals surface area contributed by atoms with Gasteiger partial charge in [-0.25, -0.2) is 0 Å². The normalized spacial score (nSPS) is 27.6. The van der Waals surface area contributed by atoms with Crippen molar-refractivity contribution in [2.75, 3.05) is 9.80 Å². The molecular weight excluding hydrogens is 348 g/mol. The van der Waals surface area contributed by atoms with Crippen molar-refractivity contribution < 1.29 is 9.59 Å². The van der Waals surface area contributed by atoms with Gasteiger partial charge in [-0.3, -0.25) is 9.59 Å². The van der Waals surface area contributed by atoms with Crippen molar-refractivity contribution in [2.24, 2.45) is 11.8 Å². The Morgan fingerprint density at radius 2 is 1.18 bits per heavy atom. The van der Waals surface area contributed by atoms with E-state index in [0.29, 0.717) is 0 Å². The third-order valence-electron chi connectivity index (χ3n) is 6.44. The van der Waals surface area contributed by atoms with Crippen molar-refractivity contribution in [2.45, 2.75) is 38.8 Å². The number of benzene rings is 2. The molecule has 2 aliphatic heterocycles. The molecule has 2 aromatic carbocycles. The van der Waals surface area contributed by atoms with E-state index >= 15 is 0 Å². The van der Waals surface area contributed by atoms with Gasteiger partial charge in [0.1, 0.15) is 0 Å². The Hall–Kier alpha value is -2.88. The van der Waals surface area contributed by atoms with Gasteiger partial charge in [0.2, 0.25) is 11.8 Å². The maximum absolute atomic E-state index is 13.3. The zero-order chi connectivity index (χ0) is 19.6. The first kappa shape index (κ1) is 17.2. The van der Waals surface area contributed by atoms with Crippen molar-refractivity contribution in [3.8, 4) is 0 Å². The fraction of sp³-hybridized carbons (Fsp3) is 0.333. The van der Waals surface area contributed by atoms with E-state index in [4.69, 9.17) is 0 Å². The van der Waals surface area contributed by atoms with Gasteiger partial charge in [-0.1, -0.05) is 48.6 Å². The van der Waals surface area contributed by atoms with Crippen LogP contribution < -0.4 is 9.80 Å². The lowest BCUT2D eigenvalue weighted by Gasteiger charge is -2.24. The summed E-state index contributed by atoms with van der Waals surface area (Å²) in [7, 11) is 0. The molecule has 0 unspecified atom stereocenters. The summed E-state index contributed by atoms with van der Waals surface area (Å²) in [5.74, 6) is -0.774. The molecular formula is C24H24N2O2. The van der Waals surface area contributed by atoms with Gasteiger partial charge in [0.05, 0.1) is 11.8 Å². The van der Waals surface area contributed by atoms with E-state index in [1.165, 1.54) is 11.1 Å². The van der Waals surface area contributed by atoms with E-state index in [0.717, 1.165) is 29.8 Å². The van der Waals surface area contributed by atoms with Gasteiger partial charge in [-0.05, 0) is 49.9 Å². The Morgan fingerprint density at radius 1 is 0.786 bits per heavy atom. The fourth-order valence-electron chi connectivity index (χ4n) is 5.02. The second kappa shape index (κ2) is 6.06. The van der Waals surface area contributed by atoms with Gasteiger partial charge in [0.25, 0.3) is 0 Å². The summed E-state index contributed by atoms with van der Waals surface area (Å²) in [6.45, 7) is 8.22. The molecule has 142 valence electrons. The monoisotopic (exact) mass is 372 g/mol. The number of para-hydroxylation sites is 2. The Kier molecular flexibility index (Phi) is 3.73. The molecule has 4 nitrogen and oxygen atoms in total. The largest absolute Gasteiger partial charge is 0.308 e. The first-order valence-corrected chi connectivity index (χ1v) is 9.99. The van der Waals surface area contributed by atoms with Crippen LogP contribution in [0.2, 0.25) is 0 Å². The summed E-state index contributed by atoms with van der Waals surface area (Å²) >= 11 is 0. The van der Waals surface area contributed by atoms with Crippen LogP contribution in [0.4, 0.5) is 11.4 Å². The third-order valence-corrected chi connectivity index (χ3v) is 6.44. The van der Waals surface area contributed by atoms with Crippen LogP contribution in [0, 0.1) is 11.8 Å². The molecule has 0 N–H and O–H groups in total. The topological polar surface area (TPSA) is 40.6 Å². The average molecular weight is 372 g/mol. The summed E-state index contributed by atoms with van der Waals surface area (Å²) < 4.78 is 0. The number of amides is 2. The quantitative estimate of drug-likeness (QED) is 0.754. The SMILES string of the molecule is C=C1[C@H](C(=O)N2c3ccccc3C[C@@H]2C)[C@H]1C(=O)N1c2ccccc2C[C@@H]1C. The van der Waals surface area contributed by atoms with Crippen LogP contribution in [-0.2, 0) is 22.4 Å². The van der Waals surface area contributed by atoms with Crippen LogP contribution in [0.3, 0.4) is 0 Å². The number of hydrogen-bond acceptors (Lipinski definition) is 2. The Labute approximate surface area is 165 Å². The smallest absolute Gasteiger partial charge is 0.235 e. The molecule has 2 amide bonds. The number of hydrogen-bond donors (Lipinski definition) is 0. The van der Waals surface area contributed by atoms with E-state index in [1.807, 2.05) is 46.2 Å². The third kappa shape index (κ3) is 2.37. The predicted molar refractivity (Wildman–Crippen MR) is 110 cm³/mol. The van der Waals surface area contributed by atoms with Crippen molar-refractivity contribution >= 4 is 23.2 Å². The van der Waals surface area contributed by atoms with Crippen molar-refractivity contribution in [1.82, 2.24) is 0 Å². The Balaban J connectivity index is 1.40. The number of fused-ring (bicyclic) bond motifs is 2. The molecule has 0 spiro atoms. The highest BCUT2D eigenvalue weighted by atomic mass is 16.2. The second-order valence-corrected chi connectivity index (χ2v) is 8.31. The lowest BCUT2D eigenvalue weighted by molar-refractivity contribution is -0.124. The maximum Gasteiger partial charge on any atom is 0.235 e. The zero-order valence-corrected chi connectivity index (χ0v) is 16.3. The van der Waals surface area contributed by atoms with Crippen LogP contribution in [0.5, 0.6) is 0 Å². The number of carbonyl (C=O) groups is 2. The molecule has 28 heavy (non-hydrogen) atoms. The van der Waals surface area contributed by atoms with Crippen molar-refractivity contribution in [3.63, 3.8) is 0 Å². The van der Waals surface area contributed by atoms with E-state index in [-0.39, 0.29) is 23.9 Å². The molecule has 4 heteroatoms. The predicted octanol–water partition coefficient (Wildman–Crippen LogP) is 3.74.